The highest BCUT2D eigenvalue weighted by molar-refractivity contribution is 5.92. The number of aryl methyl sites for hydroxylation is 2. The molecule has 2 aromatic carbocycles. The van der Waals surface area contributed by atoms with Crippen molar-refractivity contribution in [3.8, 4) is 5.69 Å². The topological polar surface area (TPSA) is 41.4 Å². The van der Waals surface area contributed by atoms with Gasteiger partial charge in [-0.25, -0.2) is 9.07 Å². The van der Waals surface area contributed by atoms with Gasteiger partial charge >= 0.3 is 0 Å². The Morgan fingerprint density at radius 1 is 0.968 bits per heavy atom. The molecule has 1 fully saturated rings. The lowest BCUT2D eigenvalue weighted by Gasteiger charge is -2.35. The first-order valence-corrected chi connectivity index (χ1v) is 10.5. The number of amides is 1. The second-order valence-corrected chi connectivity index (χ2v) is 7.96. The zero-order chi connectivity index (χ0) is 22.0. The molecule has 2 heterocycles. The molecule has 1 amide bonds. The van der Waals surface area contributed by atoms with Crippen molar-refractivity contribution in [2.75, 3.05) is 31.1 Å². The van der Waals surface area contributed by atoms with Gasteiger partial charge in [-0.2, -0.15) is 5.10 Å². The predicted octanol–water partition coefficient (Wildman–Crippen LogP) is 4.30. The summed E-state index contributed by atoms with van der Waals surface area (Å²) >= 11 is 0. The minimum Gasteiger partial charge on any atom is -0.368 e. The second kappa shape index (κ2) is 8.76. The van der Waals surface area contributed by atoms with E-state index >= 15 is 0 Å². The van der Waals surface area contributed by atoms with Gasteiger partial charge in [0.15, 0.2) is 0 Å². The van der Waals surface area contributed by atoms with E-state index in [0.717, 1.165) is 35.7 Å². The maximum atomic E-state index is 13.2. The van der Waals surface area contributed by atoms with Crippen LogP contribution in [0.15, 0.2) is 54.6 Å². The van der Waals surface area contributed by atoms with Crippen LogP contribution in [0.5, 0.6) is 0 Å². The van der Waals surface area contributed by atoms with E-state index < -0.39 is 0 Å². The van der Waals surface area contributed by atoms with Crippen molar-refractivity contribution in [1.29, 1.82) is 0 Å². The summed E-state index contributed by atoms with van der Waals surface area (Å²) < 4.78 is 15.0. The van der Waals surface area contributed by atoms with Gasteiger partial charge in [-0.05, 0) is 68.8 Å². The summed E-state index contributed by atoms with van der Waals surface area (Å²) in [7, 11) is 0. The van der Waals surface area contributed by atoms with Crippen molar-refractivity contribution in [1.82, 2.24) is 14.7 Å². The summed E-state index contributed by atoms with van der Waals surface area (Å²) in [6, 6.07) is 14.7. The normalized spacial score (nSPS) is 14.5. The number of rotatable bonds is 4. The largest absolute Gasteiger partial charge is 0.368 e. The van der Waals surface area contributed by atoms with Crippen LogP contribution < -0.4 is 4.90 Å². The van der Waals surface area contributed by atoms with E-state index in [4.69, 9.17) is 0 Å². The number of piperazine rings is 1. The first kappa shape index (κ1) is 20.8. The maximum Gasteiger partial charge on any atom is 0.246 e. The minimum atomic E-state index is -0.279. The number of halogens is 1. The number of anilines is 1. The highest BCUT2D eigenvalue weighted by atomic mass is 19.1. The highest BCUT2D eigenvalue weighted by Crippen LogP contribution is 2.21. The van der Waals surface area contributed by atoms with Crippen LogP contribution in [0.1, 0.15) is 22.5 Å². The third kappa shape index (κ3) is 4.53. The standard InChI is InChI=1S/C25H27FN4O/c1-18-5-4-6-23(17-18)28-13-15-29(16-14-28)25(31)12-11-24-19(2)27-30(20(24)3)22-9-7-21(26)8-10-22/h4-12,17H,13-16H2,1-3H3/b12-11+. The summed E-state index contributed by atoms with van der Waals surface area (Å²) in [6.07, 6.45) is 3.47. The van der Waals surface area contributed by atoms with E-state index in [2.05, 4.69) is 41.2 Å². The van der Waals surface area contributed by atoms with Gasteiger partial charge in [0.25, 0.3) is 0 Å². The third-order valence-corrected chi connectivity index (χ3v) is 5.77. The van der Waals surface area contributed by atoms with Crippen LogP contribution in [-0.4, -0.2) is 46.8 Å². The van der Waals surface area contributed by atoms with Gasteiger partial charge in [0.2, 0.25) is 5.91 Å². The number of carbonyl (C=O) groups excluding carboxylic acids is 1. The minimum absolute atomic E-state index is 0.0113. The number of hydrogen-bond acceptors (Lipinski definition) is 3. The average molecular weight is 419 g/mol. The number of nitrogens with zero attached hydrogens (tertiary/aromatic N) is 4. The fourth-order valence-electron chi connectivity index (χ4n) is 4.00. The van der Waals surface area contributed by atoms with Crippen LogP contribution in [0.2, 0.25) is 0 Å². The zero-order valence-electron chi connectivity index (χ0n) is 18.2. The smallest absolute Gasteiger partial charge is 0.246 e. The summed E-state index contributed by atoms with van der Waals surface area (Å²) in [5, 5.41) is 4.56. The SMILES string of the molecule is Cc1cccc(N2CCN(C(=O)/C=C/c3c(C)nn(-c4ccc(F)cc4)c3C)CC2)c1. The van der Waals surface area contributed by atoms with Crippen LogP contribution in [0, 0.1) is 26.6 Å². The highest BCUT2D eigenvalue weighted by Gasteiger charge is 2.20. The maximum absolute atomic E-state index is 13.2. The Morgan fingerprint density at radius 2 is 1.68 bits per heavy atom. The molecule has 0 atom stereocenters. The summed E-state index contributed by atoms with van der Waals surface area (Å²) in [5.74, 6) is -0.268. The van der Waals surface area contributed by atoms with E-state index in [1.807, 2.05) is 24.8 Å². The van der Waals surface area contributed by atoms with Crippen LogP contribution in [0.4, 0.5) is 10.1 Å². The van der Waals surface area contributed by atoms with E-state index in [1.54, 1.807) is 22.9 Å². The Kier molecular flexibility index (Phi) is 5.89. The molecule has 0 saturated carbocycles. The van der Waals surface area contributed by atoms with Crippen molar-refractivity contribution in [2.45, 2.75) is 20.8 Å². The van der Waals surface area contributed by atoms with Gasteiger partial charge in [0.05, 0.1) is 11.4 Å². The van der Waals surface area contributed by atoms with Crippen LogP contribution in [0.3, 0.4) is 0 Å². The fourth-order valence-corrected chi connectivity index (χ4v) is 4.00. The molecule has 0 aliphatic carbocycles. The summed E-state index contributed by atoms with van der Waals surface area (Å²) in [5.41, 5.74) is 5.90. The van der Waals surface area contributed by atoms with Crippen LogP contribution >= 0.6 is 0 Å². The molecule has 0 N–H and O–H groups in total. The van der Waals surface area contributed by atoms with Gasteiger partial charge in [0, 0.05) is 49.2 Å². The second-order valence-electron chi connectivity index (χ2n) is 7.96. The fraction of sp³-hybridized carbons (Fsp3) is 0.280. The zero-order valence-corrected chi connectivity index (χ0v) is 18.2. The molecule has 5 nitrogen and oxygen atoms in total. The number of benzene rings is 2. The number of hydrogen-bond donors (Lipinski definition) is 0. The Labute approximate surface area is 182 Å². The molecule has 1 saturated heterocycles. The number of carbonyl (C=O) groups is 1. The Balaban J connectivity index is 1.42. The van der Waals surface area contributed by atoms with Crippen molar-refractivity contribution < 1.29 is 9.18 Å². The van der Waals surface area contributed by atoms with Crippen molar-refractivity contribution in [2.24, 2.45) is 0 Å². The van der Waals surface area contributed by atoms with Gasteiger partial charge in [-0.15, -0.1) is 0 Å². The van der Waals surface area contributed by atoms with E-state index in [1.165, 1.54) is 23.4 Å². The number of aromatic nitrogens is 2. The van der Waals surface area contributed by atoms with E-state index in [9.17, 15) is 9.18 Å². The van der Waals surface area contributed by atoms with E-state index in [0.29, 0.717) is 13.1 Å². The molecule has 0 radical (unpaired) electrons. The van der Waals surface area contributed by atoms with Crippen molar-refractivity contribution in [3.63, 3.8) is 0 Å². The summed E-state index contributed by atoms with van der Waals surface area (Å²) in [4.78, 5) is 17.0. The molecule has 1 aliphatic rings. The Hall–Kier alpha value is -3.41. The molecule has 0 unspecified atom stereocenters. The van der Waals surface area contributed by atoms with Crippen molar-refractivity contribution in [3.05, 3.63) is 82.9 Å². The molecular formula is C25H27FN4O. The lowest BCUT2D eigenvalue weighted by molar-refractivity contribution is -0.126. The van der Waals surface area contributed by atoms with Gasteiger partial charge < -0.3 is 9.80 Å². The molecule has 3 aromatic rings. The first-order valence-electron chi connectivity index (χ1n) is 10.5. The molecular weight excluding hydrogens is 391 g/mol. The summed E-state index contributed by atoms with van der Waals surface area (Å²) in [6.45, 7) is 9.00. The predicted molar refractivity (Wildman–Crippen MR) is 122 cm³/mol. The van der Waals surface area contributed by atoms with Crippen molar-refractivity contribution >= 4 is 17.7 Å². The average Bonchev–Trinajstić information content (AvgIpc) is 3.06. The lowest BCUT2D eigenvalue weighted by Crippen LogP contribution is -2.48. The van der Waals surface area contributed by atoms with Gasteiger partial charge in [0.1, 0.15) is 5.82 Å². The van der Waals surface area contributed by atoms with Gasteiger partial charge in [-0.3, -0.25) is 4.79 Å². The van der Waals surface area contributed by atoms with Crippen LogP contribution in [-0.2, 0) is 4.79 Å². The molecule has 160 valence electrons. The quantitative estimate of drug-likeness (QED) is 0.594. The first-order chi connectivity index (χ1) is 14.9. The van der Waals surface area contributed by atoms with Crippen LogP contribution in [0.25, 0.3) is 11.8 Å². The third-order valence-electron chi connectivity index (χ3n) is 5.77. The monoisotopic (exact) mass is 418 g/mol. The molecule has 1 aliphatic heterocycles. The molecule has 31 heavy (non-hydrogen) atoms. The Morgan fingerprint density at radius 3 is 2.35 bits per heavy atom. The molecule has 6 heteroatoms. The Bertz CT molecular complexity index is 1110. The molecule has 4 rings (SSSR count). The van der Waals surface area contributed by atoms with E-state index in [-0.39, 0.29) is 11.7 Å². The molecule has 0 spiro atoms. The lowest BCUT2D eigenvalue weighted by atomic mass is 10.1. The molecule has 0 bridgehead atoms. The molecule has 1 aromatic heterocycles. The van der Waals surface area contributed by atoms with Gasteiger partial charge in [-0.1, -0.05) is 12.1 Å².